The maximum atomic E-state index is 2.40. The summed E-state index contributed by atoms with van der Waals surface area (Å²) in [4.78, 5) is 4.67. The minimum atomic E-state index is 1.07. The predicted octanol–water partition coefficient (Wildman–Crippen LogP) is 18.4. The Morgan fingerprint density at radius 1 is 0.217 bits per heavy atom. The molecule has 69 heavy (non-hydrogen) atoms. The summed E-state index contributed by atoms with van der Waals surface area (Å²) in [6.07, 6.45) is 0. The number of hydrogen-bond donors (Lipinski definition) is 0. The van der Waals surface area contributed by atoms with Crippen molar-refractivity contribution in [2.24, 2.45) is 0 Å². The molecule has 1 aromatic heterocycles. The van der Waals surface area contributed by atoms with E-state index in [1.807, 2.05) is 0 Å². The van der Waals surface area contributed by atoms with Crippen LogP contribution in [-0.2, 0) is 0 Å². The van der Waals surface area contributed by atoms with Gasteiger partial charge in [-0.05, 0) is 148 Å². The summed E-state index contributed by atoms with van der Waals surface area (Å²) in [5, 5.41) is 2.50. The van der Waals surface area contributed by atoms with Gasteiger partial charge in [0.1, 0.15) is 0 Å². The minimum absolute atomic E-state index is 1.07. The van der Waals surface area contributed by atoms with Crippen molar-refractivity contribution in [1.29, 1.82) is 0 Å². The summed E-state index contributed by atoms with van der Waals surface area (Å²) in [5.74, 6) is 0. The number of aromatic nitrogens is 1. The van der Waals surface area contributed by atoms with Gasteiger partial charge in [-0.1, -0.05) is 182 Å². The molecule has 0 N–H and O–H groups in total. The molecule has 0 unspecified atom stereocenters. The molecule has 0 saturated carbocycles. The van der Waals surface area contributed by atoms with E-state index in [0.29, 0.717) is 0 Å². The Balaban J connectivity index is 0.973. The maximum Gasteiger partial charge on any atom is 0.0541 e. The van der Waals surface area contributed by atoms with Crippen LogP contribution in [0.15, 0.2) is 285 Å². The average molecular weight is 882 g/mol. The molecule has 0 fully saturated rings. The molecule has 3 nitrogen and oxygen atoms in total. The second-order valence-electron chi connectivity index (χ2n) is 17.3. The van der Waals surface area contributed by atoms with Crippen LogP contribution in [0.3, 0.4) is 0 Å². The summed E-state index contributed by atoms with van der Waals surface area (Å²) in [6, 6.07) is 103. The van der Waals surface area contributed by atoms with E-state index in [4.69, 9.17) is 0 Å². The Labute approximate surface area is 403 Å². The molecule has 12 rings (SSSR count). The summed E-state index contributed by atoms with van der Waals surface area (Å²) >= 11 is 0. The Kier molecular flexibility index (Phi) is 10.9. The van der Waals surface area contributed by atoms with E-state index < -0.39 is 0 Å². The summed E-state index contributed by atoms with van der Waals surface area (Å²) in [5.41, 5.74) is 19.4. The molecule has 0 bridgehead atoms. The monoisotopic (exact) mass is 881 g/mol. The summed E-state index contributed by atoms with van der Waals surface area (Å²) < 4.78 is 2.39. The lowest BCUT2D eigenvalue weighted by Crippen LogP contribution is -2.10. The molecule has 0 aliphatic carbocycles. The van der Waals surface area contributed by atoms with Crippen LogP contribution in [0.5, 0.6) is 0 Å². The van der Waals surface area contributed by atoms with Crippen LogP contribution in [-0.4, -0.2) is 4.57 Å². The van der Waals surface area contributed by atoms with E-state index in [2.05, 4.69) is 299 Å². The van der Waals surface area contributed by atoms with E-state index in [0.717, 1.165) is 50.9 Å². The van der Waals surface area contributed by atoms with Crippen molar-refractivity contribution in [2.45, 2.75) is 0 Å². The number of para-hydroxylation sites is 5. The SMILES string of the molecule is c1ccc(-c2cc(-c3ccc(N(c4ccccc4)c4cccc(-n5c6ccccc6c6ccccc65)c4)cc3)c(-c3ccccc3)cc2-c2ccc(N(c3ccccc3)c3ccccc3)cc2)cc1. The zero-order valence-electron chi connectivity index (χ0n) is 38.0. The van der Waals surface area contributed by atoms with Crippen molar-refractivity contribution in [3.63, 3.8) is 0 Å². The fourth-order valence-electron chi connectivity index (χ4n) is 9.97. The van der Waals surface area contributed by atoms with Gasteiger partial charge in [0.2, 0.25) is 0 Å². The number of hydrogen-bond acceptors (Lipinski definition) is 2. The second kappa shape index (κ2) is 18.2. The first-order valence-electron chi connectivity index (χ1n) is 23.6. The standard InChI is InChI=1S/C66H47N3/c1-6-21-48(22-7-1)61-47-64(62(49-23-8-2-9-24-49)46-63(61)50-37-41-55(42-38-50)67(52-25-10-3-11-26-52)53-27-12-4-13-28-53)51-39-43-56(44-40-51)68(54-29-14-5-15-30-54)57-31-20-32-58(45-57)69-65-35-18-16-33-59(65)60-34-17-19-36-66(60)69/h1-47H. The van der Waals surface area contributed by atoms with Crippen LogP contribution in [0.25, 0.3) is 72.0 Å². The second-order valence-corrected chi connectivity index (χ2v) is 17.3. The van der Waals surface area contributed by atoms with Gasteiger partial charge in [0, 0.05) is 50.6 Å². The third-order valence-corrected chi connectivity index (χ3v) is 13.2. The molecule has 326 valence electrons. The molecule has 1 heterocycles. The molecule has 12 aromatic rings. The van der Waals surface area contributed by atoms with Gasteiger partial charge in [-0.25, -0.2) is 0 Å². The molecule has 3 heteroatoms. The van der Waals surface area contributed by atoms with E-state index in [1.165, 1.54) is 55.2 Å². The fraction of sp³-hybridized carbons (Fsp3) is 0. The first-order valence-corrected chi connectivity index (χ1v) is 23.6. The highest BCUT2D eigenvalue weighted by atomic mass is 15.1. The van der Waals surface area contributed by atoms with Gasteiger partial charge in [-0.2, -0.15) is 0 Å². The molecule has 0 spiro atoms. The van der Waals surface area contributed by atoms with Crippen molar-refractivity contribution in [3.8, 4) is 50.2 Å². The van der Waals surface area contributed by atoms with Crippen LogP contribution < -0.4 is 9.80 Å². The van der Waals surface area contributed by atoms with E-state index in [1.54, 1.807) is 0 Å². The van der Waals surface area contributed by atoms with Crippen molar-refractivity contribution < 1.29 is 0 Å². The van der Waals surface area contributed by atoms with Gasteiger partial charge in [0.05, 0.1) is 11.0 Å². The third-order valence-electron chi connectivity index (χ3n) is 13.2. The molecular weight excluding hydrogens is 835 g/mol. The largest absolute Gasteiger partial charge is 0.311 e. The number of benzene rings is 11. The van der Waals surface area contributed by atoms with Crippen molar-refractivity contribution in [1.82, 2.24) is 4.57 Å². The normalized spacial score (nSPS) is 11.2. The van der Waals surface area contributed by atoms with E-state index in [9.17, 15) is 0 Å². The van der Waals surface area contributed by atoms with Gasteiger partial charge < -0.3 is 14.4 Å². The van der Waals surface area contributed by atoms with Gasteiger partial charge in [-0.15, -0.1) is 0 Å². The van der Waals surface area contributed by atoms with Gasteiger partial charge in [-0.3, -0.25) is 0 Å². The smallest absolute Gasteiger partial charge is 0.0541 e. The fourth-order valence-corrected chi connectivity index (χ4v) is 9.97. The van der Waals surface area contributed by atoms with Gasteiger partial charge in [0.25, 0.3) is 0 Å². The topological polar surface area (TPSA) is 11.4 Å². The zero-order chi connectivity index (χ0) is 45.9. The van der Waals surface area contributed by atoms with Crippen molar-refractivity contribution in [3.05, 3.63) is 285 Å². The molecule has 0 saturated heterocycles. The number of rotatable bonds is 11. The molecule has 11 aromatic carbocycles. The minimum Gasteiger partial charge on any atom is -0.311 e. The average Bonchev–Trinajstić information content (AvgIpc) is 3.77. The van der Waals surface area contributed by atoms with Crippen LogP contribution in [0, 0.1) is 0 Å². The van der Waals surface area contributed by atoms with Crippen LogP contribution >= 0.6 is 0 Å². The number of nitrogens with zero attached hydrogens (tertiary/aromatic N) is 3. The highest BCUT2D eigenvalue weighted by Gasteiger charge is 2.20. The molecular formula is C66H47N3. The lowest BCUT2D eigenvalue weighted by molar-refractivity contribution is 1.17. The first kappa shape index (κ1) is 41.3. The van der Waals surface area contributed by atoms with Crippen molar-refractivity contribution >= 4 is 55.9 Å². The molecule has 0 atom stereocenters. The molecule has 0 radical (unpaired) electrons. The summed E-state index contributed by atoms with van der Waals surface area (Å²) in [6.45, 7) is 0. The highest BCUT2D eigenvalue weighted by Crippen LogP contribution is 2.45. The lowest BCUT2D eigenvalue weighted by atomic mass is 9.85. The van der Waals surface area contributed by atoms with Crippen LogP contribution in [0.4, 0.5) is 34.1 Å². The lowest BCUT2D eigenvalue weighted by Gasteiger charge is -2.26. The highest BCUT2D eigenvalue weighted by molar-refractivity contribution is 6.09. The Bertz CT molecular complexity index is 3590. The summed E-state index contributed by atoms with van der Waals surface area (Å²) in [7, 11) is 0. The Morgan fingerprint density at radius 2 is 0.522 bits per heavy atom. The molecule has 0 aliphatic rings. The Hall–Kier alpha value is -9.18. The molecule has 0 aliphatic heterocycles. The number of fused-ring (bicyclic) bond motifs is 3. The van der Waals surface area contributed by atoms with Crippen LogP contribution in [0.1, 0.15) is 0 Å². The van der Waals surface area contributed by atoms with E-state index in [-0.39, 0.29) is 0 Å². The molecule has 0 amide bonds. The quantitative estimate of drug-likeness (QED) is 0.128. The Morgan fingerprint density at radius 3 is 0.928 bits per heavy atom. The third kappa shape index (κ3) is 7.92. The zero-order valence-corrected chi connectivity index (χ0v) is 38.0. The van der Waals surface area contributed by atoms with Crippen molar-refractivity contribution in [2.75, 3.05) is 9.80 Å². The van der Waals surface area contributed by atoms with Gasteiger partial charge in [0.15, 0.2) is 0 Å². The first-order chi connectivity index (χ1) is 34.2. The maximum absolute atomic E-state index is 2.40. The predicted molar refractivity (Wildman–Crippen MR) is 292 cm³/mol. The van der Waals surface area contributed by atoms with Gasteiger partial charge >= 0.3 is 0 Å². The number of anilines is 6. The van der Waals surface area contributed by atoms with Crippen LogP contribution in [0.2, 0.25) is 0 Å². The van der Waals surface area contributed by atoms with E-state index >= 15 is 0 Å².